The Labute approximate surface area is 122 Å². The highest BCUT2D eigenvalue weighted by atomic mass is 32.2. The molecule has 8 heteroatoms. The highest BCUT2D eigenvalue weighted by Gasteiger charge is 2.38. The molecule has 0 saturated carbocycles. The third kappa shape index (κ3) is 3.03. The minimum Gasteiger partial charge on any atom is -0.503 e. The molecule has 1 aromatic carbocycles. The Hall–Kier alpha value is -2.40. The van der Waals surface area contributed by atoms with Gasteiger partial charge in [-0.25, -0.2) is 8.42 Å². The highest BCUT2D eigenvalue weighted by molar-refractivity contribution is 7.95. The molecule has 1 fully saturated rings. The van der Waals surface area contributed by atoms with E-state index in [0.717, 1.165) is 0 Å². The monoisotopic (exact) mass is 308 g/mol. The summed E-state index contributed by atoms with van der Waals surface area (Å²) >= 11 is 0. The van der Waals surface area contributed by atoms with Crippen LogP contribution >= 0.6 is 0 Å². The number of carbonyl (C=O) groups is 1. The number of carbonyl (C=O) groups excluding carboxylic acids is 1. The van der Waals surface area contributed by atoms with Crippen LogP contribution in [-0.4, -0.2) is 37.4 Å². The summed E-state index contributed by atoms with van der Waals surface area (Å²) in [7, 11) is -4.13. The average Bonchev–Trinajstić information content (AvgIpc) is 2.85. The third-order valence-electron chi connectivity index (χ3n) is 3.16. The summed E-state index contributed by atoms with van der Waals surface area (Å²) in [5.41, 5.74) is 0. The maximum Gasteiger partial charge on any atom is 0.517 e. The van der Waals surface area contributed by atoms with Crippen LogP contribution in [0.3, 0.4) is 0 Å². The van der Waals surface area contributed by atoms with E-state index in [0.29, 0.717) is 19.4 Å². The summed E-state index contributed by atoms with van der Waals surface area (Å²) in [4.78, 5) is 15.4. The first-order valence-corrected chi connectivity index (χ1v) is 7.80. The van der Waals surface area contributed by atoms with Crippen molar-refractivity contribution in [3.8, 4) is 0 Å². The molecule has 0 bridgehead atoms. The summed E-state index contributed by atoms with van der Waals surface area (Å²) in [6, 6.07) is 7.33. The van der Waals surface area contributed by atoms with Crippen LogP contribution in [0.15, 0.2) is 46.0 Å². The van der Waals surface area contributed by atoms with Crippen molar-refractivity contribution in [2.24, 2.45) is 0 Å². The minimum absolute atomic E-state index is 0.0999. The summed E-state index contributed by atoms with van der Waals surface area (Å²) < 4.78 is 24.6. The van der Waals surface area contributed by atoms with Gasteiger partial charge in [0.1, 0.15) is 0 Å². The molecular formula is C13H14N3O4S+. The fourth-order valence-corrected chi connectivity index (χ4v) is 3.32. The number of hydrogen-bond donors (Lipinski definition) is 1. The van der Waals surface area contributed by atoms with Crippen LogP contribution in [0.2, 0.25) is 0 Å². The number of sulfone groups is 1. The smallest absolute Gasteiger partial charge is 0.503 e. The van der Waals surface area contributed by atoms with E-state index in [1.54, 1.807) is 6.07 Å². The molecule has 7 nitrogen and oxygen atoms in total. The van der Waals surface area contributed by atoms with Gasteiger partial charge in [0.05, 0.1) is 11.4 Å². The molecule has 21 heavy (non-hydrogen) atoms. The van der Waals surface area contributed by atoms with Crippen molar-refractivity contribution in [2.45, 2.75) is 17.7 Å². The van der Waals surface area contributed by atoms with Crippen molar-refractivity contribution in [3.63, 3.8) is 0 Å². The minimum atomic E-state index is -4.13. The standard InChI is InChI=1S/C13H13N3O4S/c14-15-13(11(17)9-16-8-4-7-12(16)18)21(19,20)10-5-2-1-3-6-10/h1-3,5-6H,4,7-9H2/p+1. The maximum absolute atomic E-state index is 12.3. The normalized spacial score (nSPS) is 16.5. The van der Waals surface area contributed by atoms with Crippen molar-refractivity contribution in [2.75, 3.05) is 13.1 Å². The van der Waals surface area contributed by atoms with Crippen LogP contribution in [0.1, 0.15) is 12.8 Å². The van der Waals surface area contributed by atoms with E-state index in [1.165, 1.54) is 29.2 Å². The lowest BCUT2D eigenvalue weighted by Gasteiger charge is -2.13. The molecule has 0 spiro atoms. The average molecular weight is 308 g/mol. The van der Waals surface area contributed by atoms with Gasteiger partial charge >= 0.3 is 5.03 Å². The zero-order chi connectivity index (χ0) is 15.5. The van der Waals surface area contributed by atoms with Crippen molar-refractivity contribution in [3.05, 3.63) is 46.1 Å². The van der Waals surface area contributed by atoms with Crippen LogP contribution in [0.5, 0.6) is 0 Å². The largest absolute Gasteiger partial charge is 0.517 e. The molecule has 1 aromatic rings. The zero-order valence-electron chi connectivity index (χ0n) is 11.1. The van der Waals surface area contributed by atoms with Gasteiger partial charge in [-0.1, -0.05) is 18.2 Å². The molecule has 0 aromatic heterocycles. The molecule has 0 atom stereocenters. The number of benzene rings is 1. The lowest BCUT2D eigenvalue weighted by Crippen LogP contribution is -2.27. The van der Waals surface area contributed by atoms with Crippen molar-refractivity contribution in [1.82, 2.24) is 4.90 Å². The molecule has 0 aliphatic carbocycles. The number of hydrogen-bond acceptors (Lipinski definition) is 5. The quantitative estimate of drug-likeness (QED) is 0.673. The van der Waals surface area contributed by atoms with Crippen LogP contribution in [-0.2, 0) is 14.6 Å². The fourth-order valence-electron chi connectivity index (χ4n) is 2.10. The lowest BCUT2D eigenvalue weighted by atomic mass is 10.4. The molecule has 1 N–H and O–H groups in total. The van der Waals surface area contributed by atoms with Crippen molar-refractivity contribution in [1.29, 1.82) is 5.39 Å². The van der Waals surface area contributed by atoms with Crippen LogP contribution in [0, 0.1) is 5.39 Å². The fraction of sp³-hybridized carbons (Fsp3) is 0.308. The van der Waals surface area contributed by atoms with E-state index < -0.39 is 20.6 Å². The lowest BCUT2D eigenvalue weighted by molar-refractivity contribution is -0.127. The number of aliphatic hydroxyl groups excluding tert-OH is 1. The van der Waals surface area contributed by atoms with E-state index in [9.17, 15) is 18.3 Å². The van der Waals surface area contributed by atoms with Crippen LogP contribution in [0.25, 0.3) is 4.98 Å². The molecule has 1 aliphatic heterocycles. The van der Waals surface area contributed by atoms with Gasteiger partial charge in [-0.2, -0.15) is 0 Å². The van der Waals surface area contributed by atoms with Gasteiger partial charge in [-0.3, -0.25) is 4.79 Å². The predicted octanol–water partition coefficient (Wildman–Crippen LogP) is 1.66. The second kappa shape index (κ2) is 5.93. The van der Waals surface area contributed by atoms with E-state index >= 15 is 0 Å². The van der Waals surface area contributed by atoms with Gasteiger partial charge in [-0.15, -0.1) is 0 Å². The second-order valence-electron chi connectivity index (χ2n) is 4.59. The Morgan fingerprint density at radius 3 is 2.52 bits per heavy atom. The maximum atomic E-state index is 12.3. The molecule has 2 rings (SSSR count). The number of amides is 1. The van der Waals surface area contributed by atoms with Gasteiger partial charge < -0.3 is 10.0 Å². The molecule has 110 valence electrons. The molecule has 1 saturated heterocycles. The number of nitrogens with zero attached hydrogens (tertiary/aromatic N) is 3. The van der Waals surface area contributed by atoms with Gasteiger partial charge in [-0.05, 0) is 18.6 Å². The van der Waals surface area contributed by atoms with Crippen LogP contribution < -0.4 is 0 Å². The predicted molar refractivity (Wildman–Crippen MR) is 74.2 cm³/mol. The number of aliphatic hydroxyl groups is 1. The van der Waals surface area contributed by atoms with Crippen molar-refractivity contribution >= 4 is 15.7 Å². The SMILES string of the molecule is N#[N+]C(=C(O)CN1CCCC1=O)S(=O)(=O)c1ccccc1. The zero-order valence-corrected chi connectivity index (χ0v) is 12.0. The topological polar surface area (TPSA) is 103 Å². The van der Waals surface area contributed by atoms with E-state index in [1.807, 2.05) is 0 Å². The van der Waals surface area contributed by atoms with Gasteiger partial charge in [0.25, 0.3) is 9.84 Å². The number of likely N-dealkylation sites (tertiary alicyclic amines) is 1. The summed E-state index contributed by atoms with van der Waals surface area (Å²) in [5, 5.41) is 18.1. The Balaban J connectivity index is 2.36. The molecule has 1 heterocycles. The number of rotatable bonds is 4. The first-order valence-electron chi connectivity index (χ1n) is 6.32. The molecule has 1 amide bonds. The van der Waals surface area contributed by atoms with Gasteiger partial charge in [0, 0.05) is 13.0 Å². The Morgan fingerprint density at radius 1 is 1.33 bits per heavy atom. The van der Waals surface area contributed by atoms with E-state index in [2.05, 4.69) is 4.98 Å². The van der Waals surface area contributed by atoms with Gasteiger partial charge in [0.15, 0.2) is 4.98 Å². The number of diazo groups is 1. The molecule has 0 unspecified atom stereocenters. The van der Waals surface area contributed by atoms with Crippen molar-refractivity contribution < 1.29 is 18.3 Å². The Kier molecular flexibility index (Phi) is 4.23. The summed E-state index contributed by atoms with van der Waals surface area (Å²) in [5.74, 6) is -0.826. The molecular weight excluding hydrogens is 294 g/mol. The second-order valence-corrected chi connectivity index (χ2v) is 6.45. The summed E-state index contributed by atoms with van der Waals surface area (Å²) in [6.45, 7) is 0.150. The Bertz CT molecular complexity index is 720. The molecule has 1 aliphatic rings. The Morgan fingerprint density at radius 2 is 2.00 bits per heavy atom. The molecule has 0 radical (unpaired) electrons. The van der Waals surface area contributed by atoms with E-state index in [-0.39, 0.29) is 17.3 Å². The first-order chi connectivity index (χ1) is 9.96. The van der Waals surface area contributed by atoms with E-state index in [4.69, 9.17) is 5.39 Å². The third-order valence-corrected chi connectivity index (χ3v) is 4.88. The summed E-state index contributed by atoms with van der Waals surface area (Å²) in [6.07, 6.45) is 1.02. The highest BCUT2D eigenvalue weighted by Crippen LogP contribution is 2.23. The first kappa shape index (κ1) is 15.0. The van der Waals surface area contributed by atoms with Crippen LogP contribution in [0.4, 0.5) is 0 Å². The van der Waals surface area contributed by atoms with Gasteiger partial charge in [0.2, 0.25) is 17.1 Å².